The topological polar surface area (TPSA) is 74.5 Å². The Labute approximate surface area is 170 Å². The lowest BCUT2D eigenvalue weighted by Crippen LogP contribution is -2.34. The number of thiocarbonyl (C=S) groups is 1. The maximum Gasteiger partial charge on any atom is 0.257 e. The minimum Gasteiger partial charge on any atom is -0.459 e. The Morgan fingerprint density at radius 2 is 1.93 bits per heavy atom. The van der Waals surface area contributed by atoms with Crippen molar-refractivity contribution in [2.75, 3.05) is 5.32 Å². The normalized spacial score (nSPS) is 10.5. The van der Waals surface area contributed by atoms with E-state index in [9.17, 15) is 4.79 Å². The summed E-state index contributed by atoms with van der Waals surface area (Å²) in [7, 11) is 0. The smallest absolute Gasteiger partial charge is 0.257 e. The monoisotopic (exact) mass is 420 g/mol. The highest BCUT2D eigenvalue weighted by molar-refractivity contribution is 7.80. The van der Waals surface area contributed by atoms with Crippen molar-refractivity contribution in [2.45, 2.75) is 6.61 Å². The van der Waals surface area contributed by atoms with Crippen molar-refractivity contribution < 1.29 is 14.3 Å². The van der Waals surface area contributed by atoms with E-state index < -0.39 is 0 Å². The lowest BCUT2D eigenvalue weighted by Gasteiger charge is -2.11. The number of anilines is 1. The molecule has 0 aliphatic carbocycles. The third-order valence-electron chi connectivity index (χ3n) is 3.62. The van der Waals surface area contributed by atoms with Gasteiger partial charge in [0.05, 0.1) is 5.02 Å². The molecular formula is C19H14Cl2N2O3S. The number of carbonyl (C=O) groups is 1. The predicted octanol–water partition coefficient (Wildman–Crippen LogP) is 4.87. The fourth-order valence-electron chi connectivity index (χ4n) is 2.37. The Balaban J connectivity index is 1.67. The van der Waals surface area contributed by atoms with Gasteiger partial charge >= 0.3 is 0 Å². The molecule has 3 N–H and O–H groups in total. The largest absolute Gasteiger partial charge is 0.459 e. The second-order valence-electron chi connectivity index (χ2n) is 5.54. The Bertz CT molecular complexity index is 1000. The average molecular weight is 421 g/mol. The van der Waals surface area contributed by atoms with Crippen molar-refractivity contribution in [3.63, 3.8) is 0 Å². The predicted molar refractivity (Wildman–Crippen MR) is 110 cm³/mol. The van der Waals surface area contributed by atoms with Gasteiger partial charge in [-0.1, -0.05) is 29.3 Å². The number of furan rings is 1. The second kappa shape index (κ2) is 8.54. The summed E-state index contributed by atoms with van der Waals surface area (Å²) in [6, 6.07) is 15.1. The first-order valence-corrected chi connectivity index (χ1v) is 9.00. The third kappa shape index (κ3) is 4.87. The van der Waals surface area contributed by atoms with Crippen LogP contribution < -0.4 is 10.6 Å². The summed E-state index contributed by atoms with van der Waals surface area (Å²) in [5.74, 6) is 0.630. The average Bonchev–Trinajstić information content (AvgIpc) is 3.10. The molecule has 138 valence electrons. The maximum absolute atomic E-state index is 12.2. The van der Waals surface area contributed by atoms with Crippen LogP contribution in [-0.4, -0.2) is 16.1 Å². The van der Waals surface area contributed by atoms with Crippen molar-refractivity contribution in [1.29, 1.82) is 0 Å². The fraction of sp³-hybridized carbons (Fsp3) is 0.0526. The summed E-state index contributed by atoms with van der Waals surface area (Å²) in [6.45, 7) is -0.183. The van der Waals surface area contributed by atoms with E-state index in [1.54, 1.807) is 54.6 Å². The first-order valence-electron chi connectivity index (χ1n) is 7.83. The van der Waals surface area contributed by atoms with Gasteiger partial charge in [-0.05, 0) is 60.7 Å². The number of rotatable bonds is 4. The Morgan fingerprint density at radius 3 is 2.59 bits per heavy atom. The van der Waals surface area contributed by atoms with Crippen LogP contribution >= 0.6 is 35.4 Å². The highest BCUT2D eigenvalue weighted by Gasteiger charge is 2.11. The number of hydrogen-bond donors (Lipinski definition) is 3. The van der Waals surface area contributed by atoms with Gasteiger partial charge in [-0.3, -0.25) is 10.1 Å². The number of aliphatic hydroxyl groups excluding tert-OH is 1. The van der Waals surface area contributed by atoms with Crippen LogP contribution in [-0.2, 0) is 6.61 Å². The van der Waals surface area contributed by atoms with Gasteiger partial charge in [-0.25, -0.2) is 0 Å². The Hall–Kier alpha value is -2.38. The summed E-state index contributed by atoms with van der Waals surface area (Å²) >= 11 is 17.4. The summed E-state index contributed by atoms with van der Waals surface area (Å²) < 4.78 is 5.48. The number of amides is 1. The summed E-state index contributed by atoms with van der Waals surface area (Å²) in [6.07, 6.45) is 0. The molecule has 27 heavy (non-hydrogen) atoms. The summed E-state index contributed by atoms with van der Waals surface area (Å²) in [5, 5.41) is 15.6. The van der Waals surface area contributed by atoms with Gasteiger partial charge in [0.15, 0.2) is 5.11 Å². The molecule has 5 nitrogen and oxygen atoms in total. The zero-order valence-electron chi connectivity index (χ0n) is 13.8. The van der Waals surface area contributed by atoms with E-state index in [2.05, 4.69) is 10.6 Å². The first-order chi connectivity index (χ1) is 13.0. The molecule has 1 heterocycles. The first kappa shape index (κ1) is 19.4. The van der Waals surface area contributed by atoms with Gasteiger partial charge in [-0.15, -0.1) is 0 Å². The van der Waals surface area contributed by atoms with Gasteiger partial charge in [0.25, 0.3) is 5.91 Å². The number of benzene rings is 2. The molecule has 3 aromatic rings. The SMILES string of the molecule is O=C(NC(=S)Nc1ccc(-c2ccc(CO)o2)c(Cl)c1)c1cccc(Cl)c1. The minimum absolute atomic E-state index is 0.129. The molecular weight excluding hydrogens is 407 g/mol. The molecule has 0 fully saturated rings. The van der Waals surface area contributed by atoms with Crippen molar-refractivity contribution >= 4 is 52.1 Å². The molecule has 0 spiro atoms. The van der Waals surface area contributed by atoms with Crippen LogP contribution in [0.5, 0.6) is 0 Å². The van der Waals surface area contributed by atoms with Crippen molar-refractivity contribution in [3.8, 4) is 11.3 Å². The molecule has 0 bridgehead atoms. The van der Waals surface area contributed by atoms with Crippen LogP contribution in [0.2, 0.25) is 10.0 Å². The molecule has 2 aromatic carbocycles. The number of hydrogen-bond acceptors (Lipinski definition) is 4. The molecule has 0 saturated heterocycles. The van der Waals surface area contributed by atoms with E-state index in [1.807, 2.05) is 0 Å². The van der Waals surface area contributed by atoms with E-state index in [4.69, 9.17) is 44.9 Å². The fourth-order valence-corrected chi connectivity index (χ4v) is 3.04. The number of carbonyl (C=O) groups excluding carboxylic acids is 1. The molecule has 0 atom stereocenters. The van der Waals surface area contributed by atoms with E-state index in [0.29, 0.717) is 38.4 Å². The van der Waals surface area contributed by atoms with Gasteiger partial charge in [0.1, 0.15) is 18.1 Å². The van der Waals surface area contributed by atoms with Gasteiger partial charge in [0.2, 0.25) is 0 Å². The van der Waals surface area contributed by atoms with Crippen LogP contribution in [0.4, 0.5) is 5.69 Å². The van der Waals surface area contributed by atoms with Crippen molar-refractivity contribution in [2.24, 2.45) is 0 Å². The number of halogens is 2. The Morgan fingerprint density at radius 1 is 1.11 bits per heavy atom. The van der Waals surface area contributed by atoms with E-state index >= 15 is 0 Å². The number of aliphatic hydroxyl groups is 1. The van der Waals surface area contributed by atoms with Gasteiger partial charge in [-0.2, -0.15) is 0 Å². The van der Waals surface area contributed by atoms with Crippen molar-refractivity contribution in [1.82, 2.24) is 5.32 Å². The highest BCUT2D eigenvalue weighted by Crippen LogP contribution is 2.31. The van der Waals surface area contributed by atoms with E-state index in [0.717, 1.165) is 0 Å². The maximum atomic E-state index is 12.2. The van der Waals surface area contributed by atoms with Crippen molar-refractivity contribution in [3.05, 3.63) is 76.0 Å². The van der Waals surface area contributed by atoms with E-state index in [1.165, 1.54) is 0 Å². The molecule has 0 unspecified atom stereocenters. The van der Waals surface area contributed by atoms with Crippen LogP contribution in [0, 0.1) is 0 Å². The van der Waals surface area contributed by atoms with Gasteiger partial charge in [0, 0.05) is 21.8 Å². The summed E-state index contributed by atoms with van der Waals surface area (Å²) in [5.41, 5.74) is 1.68. The molecule has 8 heteroatoms. The molecule has 0 aliphatic heterocycles. The Kier molecular flexibility index (Phi) is 6.13. The number of nitrogens with one attached hydrogen (secondary N) is 2. The molecule has 0 saturated carbocycles. The third-order valence-corrected chi connectivity index (χ3v) is 4.38. The molecule has 3 rings (SSSR count). The standard InChI is InChI=1S/C19H14Cl2N2O3S/c20-12-3-1-2-11(8-12)18(25)23-19(27)22-13-4-6-15(16(21)9-13)17-7-5-14(10-24)26-17/h1-9,24H,10H2,(H2,22,23,25,27). The summed E-state index contributed by atoms with van der Waals surface area (Å²) in [4.78, 5) is 12.2. The lowest BCUT2D eigenvalue weighted by molar-refractivity contribution is 0.0977. The lowest BCUT2D eigenvalue weighted by atomic mass is 10.1. The zero-order valence-corrected chi connectivity index (χ0v) is 16.2. The molecule has 1 aromatic heterocycles. The molecule has 0 radical (unpaired) electrons. The zero-order chi connectivity index (χ0) is 19.4. The van der Waals surface area contributed by atoms with Crippen LogP contribution in [0.15, 0.2) is 59.0 Å². The molecule has 1 amide bonds. The van der Waals surface area contributed by atoms with E-state index in [-0.39, 0.29) is 17.6 Å². The van der Waals surface area contributed by atoms with Crippen LogP contribution in [0.1, 0.15) is 16.1 Å². The minimum atomic E-state index is -0.371. The quantitative estimate of drug-likeness (QED) is 0.524. The molecule has 0 aliphatic rings. The van der Waals surface area contributed by atoms with Gasteiger partial charge < -0.3 is 14.8 Å². The van der Waals surface area contributed by atoms with Crippen LogP contribution in [0.25, 0.3) is 11.3 Å². The van der Waals surface area contributed by atoms with Crippen LogP contribution in [0.3, 0.4) is 0 Å². The second-order valence-corrected chi connectivity index (χ2v) is 6.79. The highest BCUT2D eigenvalue weighted by atomic mass is 35.5.